The number of aromatic nitrogens is 1. The van der Waals surface area contributed by atoms with Gasteiger partial charge in [-0.25, -0.2) is 0 Å². The molecule has 1 N–H and O–H groups in total. The Morgan fingerprint density at radius 3 is 2.29 bits per heavy atom. The summed E-state index contributed by atoms with van der Waals surface area (Å²) in [6.45, 7) is 1.95. The Morgan fingerprint density at radius 1 is 1.36 bits per heavy atom. The molecule has 0 aliphatic carbocycles. The smallest absolute Gasteiger partial charge is 0.392 e. The molecule has 5 heteroatoms. The zero-order valence-corrected chi connectivity index (χ0v) is 8.02. The minimum absolute atomic E-state index is 0.225. The Balaban J connectivity index is 3.03. The number of nitrogens with zero attached hydrogens (tertiary/aromatic N) is 1. The van der Waals surface area contributed by atoms with Gasteiger partial charge in [-0.1, -0.05) is 0 Å². The molecule has 0 saturated carbocycles. The fourth-order valence-corrected chi connectivity index (χ4v) is 1.46. The summed E-state index contributed by atoms with van der Waals surface area (Å²) in [7, 11) is 0. The molecule has 0 fully saturated rings. The van der Waals surface area contributed by atoms with E-state index >= 15 is 0 Å². The summed E-state index contributed by atoms with van der Waals surface area (Å²) in [6.07, 6.45) is -4.22. The van der Waals surface area contributed by atoms with Crippen LogP contribution in [0.25, 0.3) is 0 Å². The summed E-state index contributed by atoms with van der Waals surface area (Å²) in [5, 5.41) is 8.86. The van der Waals surface area contributed by atoms with Crippen LogP contribution >= 0.6 is 0 Å². The summed E-state index contributed by atoms with van der Waals surface area (Å²) in [4.78, 5) is 0. The van der Waals surface area contributed by atoms with E-state index in [4.69, 9.17) is 5.11 Å². The van der Waals surface area contributed by atoms with Crippen molar-refractivity contribution < 1.29 is 18.3 Å². The van der Waals surface area contributed by atoms with E-state index in [9.17, 15) is 13.2 Å². The van der Waals surface area contributed by atoms with E-state index in [1.54, 1.807) is 19.9 Å². The Labute approximate surface area is 80.0 Å². The lowest BCUT2D eigenvalue weighted by molar-refractivity contribution is -0.141. The van der Waals surface area contributed by atoms with Crippen LogP contribution in [-0.4, -0.2) is 15.8 Å². The Kier molecular flexibility index (Phi) is 2.89. The molecule has 0 aromatic carbocycles. The van der Waals surface area contributed by atoms with Crippen LogP contribution in [-0.2, 0) is 13.2 Å². The molecule has 0 aliphatic rings. The maximum absolute atomic E-state index is 12.1. The summed E-state index contributed by atoms with van der Waals surface area (Å²) in [6, 6.07) is 1.57. The molecule has 0 radical (unpaired) electrons. The largest absolute Gasteiger partial charge is 0.406 e. The van der Waals surface area contributed by atoms with Crippen molar-refractivity contribution in [2.45, 2.75) is 33.2 Å². The first-order valence-electron chi connectivity index (χ1n) is 4.18. The summed E-state index contributed by atoms with van der Waals surface area (Å²) < 4.78 is 37.6. The van der Waals surface area contributed by atoms with Crippen LogP contribution < -0.4 is 0 Å². The second-order valence-electron chi connectivity index (χ2n) is 3.26. The van der Waals surface area contributed by atoms with E-state index in [2.05, 4.69) is 0 Å². The number of hydrogen-bond donors (Lipinski definition) is 1. The third-order valence-corrected chi connectivity index (χ3v) is 2.19. The number of alkyl halides is 3. The first kappa shape index (κ1) is 11.1. The molecule has 0 saturated heterocycles. The monoisotopic (exact) mass is 207 g/mol. The maximum Gasteiger partial charge on any atom is 0.406 e. The molecule has 1 aromatic heterocycles. The van der Waals surface area contributed by atoms with Crippen molar-refractivity contribution in [2.75, 3.05) is 0 Å². The van der Waals surface area contributed by atoms with E-state index < -0.39 is 12.7 Å². The molecule has 1 rings (SSSR count). The molecule has 0 spiro atoms. The number of hydrogen-bond acceptors (Lipinski definition) is 1. The first-order valence-corrected chi connectivity index (χ1v) is 4.18. The van der Waals surface area contributed by atoms with Crippen LogP contribution in [0.15, 0.2) is 6.07 Å². The van der Waals surface area contributed by atoms with Crippen molar-refractivity contribution in [3.63, 3.8) is 0 Å². The van der Waals surface area contributed by atoms with Crippen molar-refractivity contribution in [3.05, 3.63) is 23.0 Å². The summed E-state index contributed by atoms with van der Waals surface area (Å²) >= 11 is 0. The molecule has 14 heavy (non-hydrogen) atoms. The zero-order chi connectivity index (χ0) is 10.9. The topological polar surface area (TPSA) is 25.2 Å². The third kappa shape index (κ3) is 2.29. The average molecular weight is 207 g/mol. The average Bonchev–Trinajstić information content (AvgIpc) is 2.29. The Morgan fingerprint density at radius 2 is 1.93 bits per heavy atom. The molecular formula is C9H12F3NO. The molecule has 0 amide bonds. The lowest BCUT2D eigenvalue weighted by Gasteiger charge is -2.12. The van der Waals surface area contributed by atoms with E-state index in [1.165, 1.54) is 0 Å². The van der Waals surface area contributed by atoms with Crippen LogP contribution in [0.3, 0.4) is 0 Å². The van der Waals surface area contributed by atoms with Gasteiger partial charge in [0.05, 0.1) is 6.61 Å². The van der Waals surface area contributed by atoms with Crippen LogP contribution in [0.4, 0.5) is 13.2 Å². The standard InChI is InChI=1S/C9H12F3NO/c1-6-3-8(4-14)7(2)13(6)5-9(10,11)12/h3,14H,4-5H2,1-2H3. The Bertz CT molecular complexity index is 328. The fraction of sp³-hybridized carbons (Fsp3) is 0.556. The van der Waals surface area contributed by atoms with Crippen LogP contribution in [0.1, 0.15) is 17.0 Å². The molecule has 1 aromatic rings. The van der Waals surface area contributed by atoms with Crippen molar-refractivity contribution in [1.82, 2.24) is 4.57 Å². The van der Waals surface area contributed by atoms with Gasteiger partial charge in [-0.2, -0.15) is 13.2 Å². The minimum Gasteiger partial charge on any atom is -0.392 e. The molecule has 2 nitrogen and oxygen atoms in total. The van der Waals surface area contributed by atoms with Gasteiger partial charge >= 0.3 is 6.18 Å². The first-order chi connectivity index (χ1) is 6.35. The molecule has 0 atom stereocenters. The number of aryl methyl sites for hydroxylation is 1. The maximum atomic E-state index is 12.1. The molecule has 1 heterocycles. The highest BCUT2D eigenvalue weighted by molar-refractivity contribution is 5.26. The normalized spacial score (nSPS) is 12.1. The molecule has 0 bridgehead atoms. The summed E-state index contributed by atoms with van der Waals surface area (Å²) in [5.74, 6) is 0. The van der Waals surface area contributed by atoms with Gasteiger partial charge < -0.3 is 9.67 Å². The van der Waals surface area contributed by atoms with E-state index in [0.29, 0.717) is 17.0 Å². The van der Waals surface area contributed by atoms with Gasteiger partial charge in [0.15, 0.2) is 0 Å². The molecule has 0 aliphatic heterocycles. The van der Waals surface area contributed by atoms with Gasteiger partial charge in [-0.15, -0.1) is 0 Å². The van der Waals surface area contributed by atoms with Gasteiger partial charge in [0.25, 0.3) is 0 Å². The quantitative estimate of drug-likeness (QED) is 0.789. The second-order valence-corrected chi connectivity index (χ2v) is 3.26. The van der Waals surface area contributed by atoms with Crippen molar-refractivity contribution in [2.24, 2.45) is 0 Å². The lowest BCUT2D eigenvalue weighted by atomic mass is 10.2. The van der Waals surface area contributed by atoms with Crippen molar-refractivity contribution in [1.29, 1.82) is 0 Å². The van der Waals surface area contributed by atoms with Gasteiger partial charge in [0, 0.05) is 11.4 Å². The van der Waals surface area contributed by atoms with Gasteiger partial charge in [0.1, 0.15) is 6.54 Å². The van der Waals surface area contributed by atoms with Gasteiger partial charge in [0.2, 0.25) is 0 Å². The number of aliphatic hydroxyl groups is 1. The van der Waals surface area contributed by atoms with E-state index in [-0.39, 0.29) is 6.61 Å². The fourth-order valence-electron chi connectivity index (χ4n) is 1.46. The number of rotatable bonds is 2. The molecular weight excluding hydrogens is 195 g/mol. The van der Waals surface area contributed by atoms with Crippen LogP contribution in [0.5, 0.6) is 0 Å². The van der Waals surface area contributed by atoms with E-state index in [1.807, 2.05) is 0 Å². The molecule has 80 valence electrons. The summed E-state index contributed by atoms with van der Waals surface area (Å²) in [5.41, 5.74) is 1.54. The van der Waals surface area contributed by atoms with E-state index in [0.717, 1.165) is 4.57 Å². The van der Waals surface area contributed by atoms with Crippen molar-refractivity contribution in [3.8, 4) is 0 Å². The van der Waals surface area contributed by atoms with Gasteiger partial charge in [-0.05, 0) is 25.5 Å². The SMILES string of the molecule is Cc1cc(CO)c(C)n1CC(F)(F)F. The molecule has 0 unspecified atom stereocenters. The predicted octanol–water partition coefficient (Wildman–Crippen LogP) is 2.16. The van der Waals surface area contributed by atoms with Crippen molar-refractivity contribution >= 4 is 0 Å². The minimum atomic E-state index is -4.22. The lowest BCUT2D eigenvalue weighted by Crippen LogP contribution is -2.19. The highest BCUT2D eigenvalue weighted by Crippen LogP contribution is 2.22. The Hall–Kier alpha value is -0.970. The van der Waals surface area contributed by atoms with Crippen LogP contribution in [0, 0.1) is 13.8 Å². The highest BCUT2D eigenvalue weighted by Gasteiger charge is 2.29. The number of aliphatic hydroxyl groups excluding tert-OH is 1. The highest BCUT2D eigenvalue weighted by atomic mass is 19.4. The predicted molar refractivity (Wildman–Crippen MR) is 45.9 cm³/mol. The number of halogens is 3. The van der Waals surface area contributed by atoms with Gasteiger partial charge in [-0.3, -0.25) is 0 Å². The third-order valence-electron chi connectivity index (χ3n) is 2.19. The zero-order valence-electron chi connectivity index (χ0n) is 8.02. The van der Waals surface area contributed by atoms with Crippen LogP contribution in [0.2, 0.25) is 0 Å². The second kappa shape index (κ2) is 3.65.